The van der Waals surface area contributed by atoms with Crippen LogP contribution in [0.1, 0.15) is 40.4 Å². The molecule has 31 heavy (non-hydrogen) atoms. The van der Waals surface area contributed by atoms with Crippen molar-refractivity contribution in [1.29, 1.82) is 0 Å². The molecule has 4 rings (SSSR count). The van der Waals surface area contributed by atoms with Gasteiger partial charge >= 0.3 is 0 Å². The topological polar surface area (TPSA) is 93.9 Å². The first-order chi connectivity index (χ1) is 14.9. The SMILES string of the molecule is CS(=O)(=O)c1ccc(C(=O)NC2CCc3nnc(CCc4ccccc4)n3CC2)cc1. The fourth-order valence-corrected chi connectivity index (χ4v) is 4.53. The molecule has 2 aromatic carbocycles. The Labute approximate surface area is 182 Å². The van der Waals surface area contributed by atoms with Gasteiger partial charge in [-0.05, 0) is 49.1 Å². The minimum absolute atomic E-state index is 0.0331. The van der Waals surface area contributed by atoms with Crippen molar-refractivity contribution in [1.82, 2.24) is 20.1 Å². The van der Waals surface area contributed by atoms with E-state index in [1.165, 1.54) is 17.7 Å². The number of fused-ring (bicyclic) bond motifs is 1. The maximum absolute atomic E-state index is 12.6. The first-order valence-electron chi connectivity index (χ1n) is 10.5. The van der Waals surface area contributed by atoms with Crippen LogP contribution in [0.2, 0.25) is 0 Å². The van der Waals surface area contributed by atoms with Crippen LogP contribution in [0.25, 0.3) is 0 Å². The number of aromatic nitrogens is 3. The Morgan fingerprint density at radius 2 is 1.77 bits per heavy atom. The molecule has 1 amide bonds. The Morgan fingerprint density at radius 3 is 2.48 bits per heavy atom. The second-order valence-corrected chi connectivity index (χ2v) is 9.98. The van der Waals surface area contributed by atoms with Crippen LogP contribution in [0.4, 0.5) is 0 Å². The van der Waals surface area contributed by atoms with Gasteiger partial charge in [0.15, 0.2) is 9.84 Å². The van der Waals surface area contributed by atoms with Gasteiger partial charge in [0.25, 0.3) is 5.91 Å². The summed E-state index contributed by atoms with van der Waals surface area (Å²) < 4.78 is 25.4. The summed E-state index contributed by atoms with van der Waals surface area (Å²) in [4.78, 5) is 12.8. The highest BCUT2D eigenvalue weighted by molar-refractivity contribution is 7.90. The smallest absolute Gasteiger partial charge is 0.251 e. The standard InChI is InChI=1S/C23H26N4O3S/c1-31(29,30)20-11-8-18(9-12-20)23(28)24-19-10-14-22-26-25-21(27(22)16-15-19)13-7-17-5-3-2-4-6-17/h2-6,8-9,11-12,19H,7,10,13-16H2,1H3,(H,24,28). The van der Waals surface area contributed by atoms with Crippen LogP contribution >= 0.6 is 0 Å². The van der Waals surface area contributed by atoms with Gasteiger partial charge in [-0.15, -0.1) is 10.2 Å². The van der Waals surface area contributed by atoms with Crippen molar-refractivity contribution in [3.8, 4) is 0 Å². The summed E-state index contributed by atoms with van der Waals surface area (Å²) in [6.07, 6.45) is 5.26. The lowest BCUT2D eigenvalue weighted by molar-refractivity contribution is 0.0933. The summed E-state index contributed by atoms with van der Waals surface area (Å²) in [5.41, 5.74) is 1.74. The summed E-state index contributed by atoms with van der Waals surface area (Å²) in [6, 6.07) is 16.4. The van der Waals surface area contributed by atoms with E-state index >= 15 is 0 Å². The lowest BCUT2D eigenvalue weighted by Crippen LogP contribution is -2.35. The molecule has 0 bridgehead atoms. The molecular formula is C23H26N4O3S. The molecule has 1 N–H and O–H groups in total. The number of hydrogen-bond acceptors (Lipinski definition) is 5. The zero-order valence-electron chi connectivity index (χ0n) is 17.5. The maximum Gasteiger partial charge on any atom is 0.251 e. The summed E-state index contributed by atoms with van der Waals surface area (Å²) in [5.74, 6) is 1.77. The lowest BCUT2D eigenvalue weighted by atomic mass is 10.1. The average molecular weight is 439 g/mol. The molecule has 3 aromatic rings. The first kappa shape index (κ1) is 21.2. The van der Waals surface area contributed by atoms with Crippen molar-refractivity contribution < 1.29 is 13.2 Å². The van der Waals surface area contributed by atoms with E-state index in [0.29, 0.717) is 5.56 Å². The molecule has 0 fully saturated rings. The zero-order chi connectivity index (χ0) is 21.8. The van der Waals surface area contributed by atoms with E-state index in [-0.39, 0.29) is 16.8 Å². The summed E-state index contributed by atoms with van der Waals surface area (Å²) in [5, 5.41) is 11.9. The fraction of sp³-hybridized carbons (Fsp3) is 0.348. The predicted octanol–water partition coefficient (Wildman–Crippen LogP) is 2.60. The molecule has 2 heterocycles. The van der Waals surface area contributed by atoms with Crippen molar-refractivity contribution in [3.05, 3.63) is 77.4 Å². The van der Waals surface area contributed by atoms with E-state index in [1.807, 2.05) is 18.2 Å². The van der Waals surface area contributed by atoms with Gasteiger partial charge < -0.3 is 9.88 Å². The Morgan fingerprint density at radius 1 is 1.03 bits per heavy atom. The normalized spacial score (nSPS) is 16.4. The Kier molecular flexibility index (Phi) is 6.18. The largest absolute Gasteiger partial charge is 0.349 e. The van der Waals surface area contributed by atoms with Crippen molar-refractivity contribution in [2.45, 2.75) is 49.6 Å². The molecule has 1 aliphatic rings. The van der Waals surface area contributed by atoms with E-state index in [2.05, 4.69) is 32.2 Å². The summed E-state index contributed by atoms with van der Waals surface area (Å²) in [6.45, 7) is 0.768. The van der Waals surface area contributed by atoms with Gasteiger partial charge in [-0.2, -0.15) is 0 Å². The van der Waals surface area contributed by atoms with Gasteiger partial charge in [-0.25, -0.2) is 8.42 Å². The van der Waals surface area contributed by atoms with E-state index in [4.69, 9.17) is 0 Å². The number of nitrogens with one attached hydrogen (secondary N) is 1. The molecule has 0 spiro atoms. The molecule has 0 aliphatic carbocycles. The number of carbonyl (C=O) groups excluding carboxylic acids is 1. The fourth-order valence-electron chi connectivity index (χ4n) is 3.90. The van der Waals surface area contributed by atoms with Crippen LogP contribution in [0.15, 0.2) is 59.5 Å². The van der Waals surface area contributed by atoms with Crippen molar-refractivity contribution >= 4 is 15.7 Å². The number of hydrogen-bond donors (Lipinski definition) is 1. The molecule has 0 saturated carbocycles. The molecular weight excluding hydrogens is 412 g/mol. The van der Waals surface area contributed by atoms with Crippen LogP contribution in [0.3, 0.4) is 0 Å². The van der Waals surface area contributed by atoms with Gasteiger partial charge in [-0.3, -0.25) is 4.79 Å². The molecule has 1 atom stereocenters. The minimum atomic E-state index is -3.28. The molecule has 0 radical (unpaired) electrons. The third-order valence-electron chi connectivity index (χ3n) is 5.68. The molecule has 8 heteroatoms. The van der Waals surface area contributed by atoms with E-state index in [1.54, 1.807) is 12.1 Å². The van der Waals surface area contributed by atoms with E-state index in [0.717, 1.165) is 56.6 Å². The number of carbonyl (C=O) groups is 1. The zero-order valence-corrected chi connectivity index (χ0v) is 18.3. The predicted molar refractivity (Wildman–Crippen MR) is 118 cm³/mol. The first-order valence-corrected chi connectivity index (χ1v) is 12.3. The van der Waals surface area contributed by atoms with Crippen LogP contribution in [0, 0.1) is 0 Å². The Balaban J connectivity index is 1.36. The lowest BCUT2D eigenvalue weighted by Gasteiger charge is -2.16. The van der Waals surface area contributed by atoms with Gasteiger partial charge in [0, 0.05) is 37.2 Å². The second-order valence-electron chi connectivity index (χ2n) is 7.96. The maximum atomic E-state index is 12.6. The van der Waals surface area contributed by atoms with Crippen LogP contribution in [-0.2, 0) is 35.6 Å². The van der Waals surface area contributed by atoms with Crippen molar-refractivity contribution in [3.63, 3.8) is 0 Å². The number of sulfone groups is 1. The third-order valence-corrected chi connectivity index (χ3v) is 6.81. The van der Waals surface area contributed by atoms with Crippen LogP contribution < -0.4 is 5.32 Å². The third kappa shape index (κ3) is 5.19. The molecule has 162 valence electrons. The van der Waals surface area contributed by atoms with Gasteiger partial charge in [0.05, 0.1) is 4.90 Å². The van der Waals surface area contributed by atoms with Crippen LogP contribution in [-0.4, -0.2) is 41.4 Å². The summed E-state index contributed by atoms with van der Waals surface area (Å²) in [7, 11) is -3.28. The molecule has 1 unspecified atom stereocenters. The van der Waals surface area contributed by atoms with Crippen molar-refractivity contribution in [2.75, 3.05) is 6.26 Å². The van der Waals surface area contributed by atoms with Gasteiger partial charge in [0.2, 0.25) is 0 Å². The molecule has 1 aromatic heterocycles. The van der Waals surface area contributed by atoms with Crippen LogP contribution in [0.5, 0.6) is 0 Å². The number of amides is 1. The van der Waals surface area contributed by atoms with E-state index in [9.17, 15) is 13.2 Å². The highest BCUT2D eigenvalue weighted by atomic mass is 32.2. The molecule has 0 saturated heterocycles. The quantitative estimate of drug-likeness (QED) is 0.638. The van der Waals surface area contributed by atoms with Gasteiger partial charge in [0.1, 0.15) is 11.6 Å². The minimum Gasteiger partial charge on any atom is -0.349 e. The second kappa shape index (κ2) is 9.01. The Hall–Kier alpha value is -3.00. The number of nitrogens with zero attached hydrogens (tertiary/aromatic N) is 3. The van der Waals surface area contributed by atoms with E-state index < -0.39 is 9.84 Å². The van der Waals surface area contributed by atoms with Crippen molar-refractivity contribution in [2.24, 2.45) is 0 Å². The summed E-state index contributed by atoms with van der Waals surface area (Å²) >= 11 is 0. The average Bonchev–Trinajstić information content (AvgIpc) is 3.05. The van der Waals surface area contributed by atoms with Gasteiger partial charge in [-0.1, -0.05) is 30.3 Å². The number of benzene rings is 2. The Bertz CT molecular complexity index is 1160. The molecule has 7 nitrogen and oxygen atoms in total. The highest BCUT2D eigenvalue weighted by Gasteiger charge is 2.22. The monoisotopic (exact) mass is 438 g/mol. The number of aryl methyl sites for hydroxylation is 3. The molecule has 1 aliphatic heterocycles. The number of rotatable bonds is 6. The highest BCUT2D eigenvalue weighted by Crippen LogP contribution is 2.18.